The first-order valence-corrected chi connectivity index (χ1v) is 9.94. The minimum absolute atomic E-state index is 0.0356. The van der Waals surface area contributed by atoms with Gasteiger partial charge in [0.25, 0.3) is 0 Å². The van der Waals surface area contributed by atoms with Crippen LogP contribution in [0, 0.1) is 11.3 Å². The Balaban J connectivity index is 1.66. The van der Waals surface area contributed by atoms with E-state index >= 15 is 0 Å². The highest BCUT2D eigenvalue weighted by atomic mass is 32.2. The van der Waals surface area contributed by atoms with Gasteiger partial charge in [-0.1, -0.05) is 36.0 Å². The number of thiazole rings is 1. The molecule has 0 amide bonds. The Hall–Kier alpha value is -2.96. The van der Waals surface area contributed by atoms with Crippen LogP contribution in [0.25, 0.3) is 26.8 Å². The maximum Gasteiger partial charge on any atom is 0.321 e. The zero-order chi connectivity index (χ0) is 19.7. The summed E-state index contributed by atoms with van der Waals surface area (Å²) in [7, 11) is 0. The van der Waals surface area contributed by atoms with Crippen LogP contribution in [-0.4, -0.2) is 25.4 Å². The van der Waals surface area contributed by atoms with Crippen molar-refractivity contribution in [1.29, 1.82) is 5.26 Å². The van der Waals surface area contributed by atoms with Gasteiger partial charge in [0, 0.05) is 0 Å². The van der Waals surface area contributed by atoms with Gasteiger partial charge in [-0.05, 0) is 24.3 Å². The Labute approximate surface area is 166 Å². The van der Waals surface area contributed by atoms with Crippen LogP contribution in [0.3, 0.4) is 0 Å². The Kier molecular flexibility index (Phi) is 4.98. The molecule has 0 unspecified atom stereocenters. The van der Waals surface area contributed by atoms with Crippen molar-refractivity contribution < 1.29 is 13.9 Å². The van der Waals surface area contributed by atoms with Gasteiger partial charge in [0.15, 0.2) is 5.16 Å². The summed E-state index contributed by atoms with van der Waals surface area (Å²) in [5.41, 5.74) is 1.53. The van der Waals surface area contributed by atoms with Crippen molar-refractivity contribution >= 4 is 49.9 Å². The van der Waals surface area contributed by atoms with E-state index in [9.17, 15) is 19.1 Å². The molecule has 0 saturated heterocycles. The predicted molar refractivity (Wildman–Crippen MR) is 106 cm³/mol. The number of alkyl halides is 2. The Bertz CT molecular complexity index is 1210. The lowest BCUT2D eigenvalue weighted by atomic mass is 10.2. The smallest absolute Gasteiger partial charge is 0.321 e. The molecule has 0 aliphatic rings. The number of nitriles is 1. The van der Waals surface area contributed by atoms with E-state index in [1.807, 2.05) is 30.3 Å². The highest BCUT2D eigenvalue weighted by molar-refractivity contribution is 7.99. The second kappa shape index (κ2) is 7.58. The summed E-state index contributed by atoms with van der Waals surface area (Å²) in [4.78, 5) is 8.58. The number of hydrogen-bond acceptors (Lipinski definition) is 6. The van der Waals surface area contributed by atoms with Gasteiger partial charge < -0.3 is 5.11 Å². The third-order valence-corrected chi connectivity index (χ3v) is 6.02. The standard InChI is InChI=1S/C19H12F2N4OS2/c20-18(21)25-14-7-3-1-5-12(14)24-19(25)27-10-15(26)11(9-22)17-23-13-6-2-4-8-16(13)28-17/h1-8,18,26H,10H2. The van der Waals surface area contributed by atoms with Crippen LogP contribution < -0.4 is 0 Å². The lowest BCUT2D eigenvalue weighted by Crippen LogP contribution is -2.01. The number of aliphatic hydroxyl groups excluding tert-OH is 1. The number of thioether (sulfide) groups is 1. The minimum Gasteiger partial charge on any atom is -0.510 e. The van der Waals surface area contributed by atoms with E-state index in [4.69, 9.17) is 0 Å². The van der Waals surface area contributed by atoms with Gasteiger partial charge >= 0.3 is 6.55 Å². The van der Waals surface area contributed by atoms with E-state index in [0.29, 0.717) is 16.0 Å². The monoisotopic (exact) mass is 414 g/mol. The van der Waals surface area contributed by atoms with Crippen LogP contribution in [0.2, 0.25) is 0 Å². The van der Waals surface area contributed by atoms with Crippen molar-refractivity contribution in [3.63, 3.8) is 0 Å². The van der Waals surface area contributed by atoms with Crippen molar-refractivity contribution in [1.82, 2.24) is 14.5 Å². The van der Waals surface area contributed by atoms with Crippen molar-refractivity contribution in [2.45, 2.75) is 11.7 Å². The van der Waals surface area contributed by atoms with E-state index in [1.54, 1.807) is 24.3 Å². The number of aliphatic hydroxyl groups is 1. The van der Waals surface area contributed by atoms with Gasteiger partial charge in [-0.25, -0.2) is 9.97 Å². The van der Waals surface area contributed by atoms with Gasteiger partial charge in [0.1, 0.15) is 22.4 Å². The number of benzene rings is 2. The third kappa shape index (κ3) is 3.32. The molecule has 2 aromatic heterocycles. The molecule has 4 aromatic rings. The van der Waals surface area contributed by atoms with Crippen LogP contribution in [0.1, 0.15) is 11.6 Å². The molecule has 1 N–H and O–H groups in total. The van der Waals surface area contributed by atoms with E-state index in [-0.39, 0.29) is 22.2 Å². The molecular formula is C19H12F2N4OS2. The molecule has 9 heteroatoms. The SMILES string of the molecule is N#CC(=C(O)CSc1nc2ccccc2n1C(F)F)c1nc2ccccc2s1. The maximum absolute atomic E-state index is 13.5. The van der Waals surface area contributed by atoms with Crippen LogP contribution >= 0.6 is 23.1 Å². The summed E-state index contributed by atoms with van der Waals surface area (Å²) in [6, 6.07) is 16.0. The Morgan fingerprint density at radius 2 is 1.86 bits per heavy atom. The zero-order valence-electron chi connectivity index (χ0n) is 14.2. The number of imidazole rings is 1. The second-order valence-corrected chi connectivity index (χ2v) is 7.71. The summed E-state index contributed by atoms with van der Waals surface area (Å²) < 4.78 is 28.7. The lowest BCUT2D eigenvalue weighted by Gasteiger charge is -2.07. The van der Waals surface area contributed by atoms with Crippen molar-refractivity contribution in [3.05, 3.63) is 59.3 Å². The molecule has 0 spiro atoms. The topological polar surface area (TPSA) is 74.7 Å². The van der Waals surface area contributed by atoms with Gasteiger partial charge in [0.2, 0.25) is 0 Å². The molecule has 2 aromatic carbocycles. The molecule has 2 heterocycles. The van der Waals surface area contributed by atoms with Crippen LogP contribution in [0.4, 0.5) is 8.78 Å². The Morgan fingerprint density at radius 1 is 1.14 bits per heavy atom. The first-order chi connectivity index (χ1) is 13.6. The number of nitrogens with zero attached hydrogens (tertiary/aromatic N) is 4. The first kappa shape index (κ1) is 18.4. The van der Waals surface area contributed by atoms with Crippen molar-refractivity contribution in [3.8, 4) is 6.07 Å². The molecule has 140 valence electrons. The summed E-state index contributed by atoms with van der Waals surface area (Å²) in [5, 5.41) is 20.4. The van der Waals surface area contributed by atoms with Crippen LogP contribution in [0.5, 0.6) is 0 Å². The number of hydrogen-bond donors (Lipinski definition) is 1. The summed E-state index contributed by atoms with van der Waals surface area (Å²) >= 11 is 2.23. The fourth-order valence-corrected chi connectivity index (χ4v) is 4.61. The van der Waals surface area contributed by atoms with Crippen LogP contribution in [0.15, 0.2) is 59.4 Å². The third-order valence-electron chi connectivity index (χ3n) is 4.00. The summed E-state index contributed by atoms with van der Waals surface area (Å²) in [6.07, 6.45) is 0. The fraction of sp³-hybridized carbons (Fsp3) is 0.105. The molecule has 0 aliphatic heterocycles. The second-order valence-electron chi connectivity index (χ2n) is 5.74. The number of fused-ring (bicyclic) bond motifs is 2. The molecule has 0 radical (unpaired) electrons. The summed E-state index contributed by atoms with van der Waals surface area (Å²) in [5.74, 6) is -0.297. The fourth-order valence-electron chi connectivity index (χ4n) is 2.73. The van der Waals surface area contributed by atoms with Crippen molar-refractivity contribution in [2.75, 3.05) is 5.75 Å². The molecule has 0 bridgehead atoms. The van der Waals surface area contributed by atoms with E-state index in [1.165, 1.54) is 11.3 Å². The number of halogens is 2. The number of allylic oxidation sites excluding steroid dienone is 1. The van der Waals surface area contributed by atoms with Gasteiger partial charge in [-0.3, -0.25) is 4.57 Å². The average molecular weight is 414 g/mol. The number of rotatable bonds is 5. The quantitative estimate of drug-likeness (QED) is 0.260. The summed E-state index contributed by atoms with van der Waals surface area (Å²) in [6.45, 7) is -2.76. The highest BCUT2D eigenvalue weighted by Crippen LogP contribution is 2.32. The minimum atomic E-state index is -2.76. The molecule has 4 rings (SSSR count). The maximum atomic E-state index is 13.5. The number of aromatic nitrogens is 3. The van der Waals surface area contributed by atoms with E-state index in [2.05, 4.69) is 9.97 Å². The molecular weight excluding hydrogens is 402 g/mol. The predicted octanol–water partition coefficient (Wildman–Crippen LogP) is 5.63. The molecule has 0 aliphatic carbocycles. The normalized spacial score (nSPS) is 12.5. The molecule has 0 saturated carbocycles. The highest BCUT2D eigenvalue weighted by Gasteiger charge is 2.20. The first-order valence-electron chi connectivity index (χ1n) is 8.14. The Morgan fingerprint density at radius 3 is 2.57 bits per heavy atom. The molecule has 5 nitrogen and oxygen atoms in total. The van der Waals surface area contributed by atoms with Gasteiger partial charge in [-0.2, -0.15) is 14.0 Å². The molecule has 28 heavy (non-hydrogen) atoms. The average Bonchev–Trinajstić information content (AvgIpc) is 3.27. The zero-order valence-corrected chi connectivity index (χ0v) is 15.8. The van der Waals surface area contributed by atoms with E-state index in [0.717, 1.165) is 26.5 Å². The van der Waals surface area contributed by atoms with Crippen molar-refractivity contribution in [2.24, 2.45) is 0 Å². The number of para-hydroxylation sites is 3. The lowest BCUT2D eigenvalue weighted by molar-refractivity contribution is 0.0656. The molecule has 0 atom stereocenters. The van der Waals surface area contributed by atoms with Gasteiger partial charge in [-0.15, -0.1) is 11.3 Å². The molecule has 0 fully saturated rings. The largest absolute Gasteiger partial charge is 0.510 e. The van der Waals surface area contributed by atoms with Gasteiger partial charge in [0.05, 0.1) is 27.0 Å². The van der Waals surface area contributed by atoms with Crippen LogP contribution in [-0.2, 0) is 0 Å². The van der Waals surface area contributed by atoms with E-state index < -0.39 is 6.55 Å².